The molecule has 0 aliphatic carbocycles. The molecule has 1 aromatic rings. The van der Waals surface area contributed by atoms with Gasteiger partial charge in [-0.2, -0.15) is 5.10 Å². The van der Waals surface area contributed by atoms with E-state index in [9.17, 15) is 9.59 Å². The average molecular weight is 336 g/mol. The molecule has 7 nitrogen and oxygen atoms in total. The van der Waals surface area contributed by atoms with E-state index in [1.54, 1.807) is 4.68 Å². The Morgan fingerprint density at radius 3 is 2.58 bits per heavy atom. The van der Waals surface area contributed by atoms with Gasteiger partial charge in [0.15, 0.2) is 0 Å². The highest BCUT2D eigenvalue weighted by atomic mass is 16.5. The van der Waals surface area contributed by atoms with Gasteiger partial charge in [-0.25, -0.2) is 0 Å². The second-order valence-electron chi connectivity index (χ2n) is 5.96. The van der Waals surface area contributed by atoms with Gasteiger partial charge in [-0.15, -0.1) is 0 Å². The Morgan fingerprint density at radius 1 is 1.17 bits per heavy atom. The molecule has 0 unspecified atom stereocenters. The van der Waals surface area contributed by atoms with Gasteiger partial charge in [-0.05, 0) is 33.3 Å². The quantitative estimate of drug-likeness (QED) is 0.735. The first-order chi connectivity index (χ1) is 11.6. The Morgan fingerprint density at radius 2 is 1.88 bits per heavy atom. The maximum Gasteiger partial charge on any atom is 0.272 e. The zero-order valence-corrected chi connectivity index (χ0v) is 15.0. The molecule has 2 amide bonds. The topological polar surface area (TPSA) is 67.7 Å². The predicted octanol–water partition coefficient (Wildman–Crippen LogP) is 1.31. The van der Waals surface area contributed by atoms with E-state index in [-0.39, 0.29) is 11.8 Å². The number of amides is 2. The highest BCUT2D eigenvalue weighted by Crippen LogP contribution is 2.12. The molecular formula is C17H28N4O3. The van der Waals surface area contributed by atoms with E-state index in [1.165, 1.54) is 0 Å². The largest absolute Gasteiger partial charge is 0.381 e. The van der Waals surface area contributed by atoms with Gasteiger partial charge < -0.3 is 14.5 Å². The second-order valence-corrected chi connectivity index (χ2v) is 5.96. The first-order valence-electron chi connectivity index (χ1n) is 8.76. The van der Waals surface area contributed by atoms with Gasteiger partial charge in [0.05, 0.1) is 18.7 Å². The molecule has 2 heterocycles. The summed E-state index contributed by atoms with van der Waals surface area (Å²) in [6, 6.07) is 1.84. The van der Waals surface area contributed by atoms with Crippen LogP contribution in [0.2, 0.25) is 0 Å². The average Bonchev–Trinajstić information content (AvgIpc) is 2.80. The number of nitrogens with zero attached hydrogens (tertiary/aromatic N) is 4. The van der Waals surface area contributed by atoms with Crippen molar-refractivity contribution in [2.24, 2.45) is 0 Å². The predicted molar refractivity (Wildman–Crippen MR) is 90.8 cm³/mol. The van der Waals surface area contributed by atoms with Crippen molar-refractivity contribution in [3.05, 3.63) is 17.5 Å². The lowest BCUT2D eigenvalue weighted by molar-refractivity contribution is -0.132. The number of aryl methyl sites for hydroxylation is 2. The number of ether oxygens (including phenoxy) is 1. The van der Waals surface area contributed by atoms with Crippen LogP contribution in [0, 0.1) is 6.92 Å². The van der Waals surface area contributed by atoms with Crippen molar-refractivity contribution in [2.75, 3.05) is 39.4 Å². The maximum atomic E-state index is 12.8. The van der Waals surface area contributed by atoms with E-state index < -0.39 is 0 Å². The van der Waals surface area contributed by atoms with Crippen molar-refractivity contribution in [2.45, 2.75) is 40.2 Å². The van der Waals surface area contributed by atoms with Crippen molar-refractivity contribution >= 4 is 11.8 Å². The molecule has 0 bridgehead atoms. The fraction of sp³-hybridized carbons (Fsp3) is 0.706. The summed E-state index contributed by atoms with van der Waals surface area (Å²) in [5.41, 5.74) is 1.48. The minimum absolute atomic E-state index is 0.000986. The van der Waals surface area contributed by atoms with Crippen LogP contribution in [-0.2, 0) is 16.1 Å². The minimum Gasteiger partial charge on any atom is -0.381 e. The zero-order chi connectivity index (χ0) is 17.5. The van der Waals surface area contributed by atoms with Crippen molar-refractivity contribution in [3.63, 3.8) is 0 Å². The second kappa shape index (κ2) is 8.82. The molecule has 0 saturated carbocycles. The van der Waals surface area contributed by atoms with Crippen molar-refractivity contribution < 1.29 is 14.3 Å². The summed E-state index contributed by atoms with van der Waals surface area (Å²) in [7, 11) is 0. The number of aromatic nitrogens is 2. The first kappa shape index (κ1) is 18.4. The summed E-state index contributed by atoms with van der Waals surface area (Å²) < 4.78 is 6.99. The van der Waals surface area contributed by atoms with E-state index in [1.807, 2.05) is 36.6 Å². The third kappa shape index (κ3) is 4.56. The number of hydrogen-bond acceptors (Lipinski definition) is 4. The van der Waals surface area contributed by atoms with Crippen molar-refractivity contribution in [1.82, 2.24) is 19.6 Å². The Hall–Kier alpha value is -1.89. The lowest BCUT2D eigenvalue weighted by atomic mass is 10.3. The van der Waals surface area contributed by atoms with Crippen molar-refractivity contribution in [3.8, 4) is 0 Å². The normalized spacial score (nSPS) is 15.5. The highest BCUT2D eigenvalue weighted by molar-refractivity contribution is 5.92. The van der Waals surface area contributed by atoms with Gasteiger partial charge in [0.1, 0.15) is 5.69 Å². The smallest absolute Gasteiger partial charge is 0.272 e. The van der Waals surface area contributed by atoms with Gasteiger partial charge in [-0.3, -0.25) is 14.3 Å². The fourth-order valence-electron chi connectivity index (χ4n) is 2.95. The van der Waals surface area contributed by atoms with Crippen LogP contribution in [-0.4, -0.2) is 70.8 Å². The lowest BCUT2D eigenvalue weighted by Crippen LogP contribution is -2.38. The van der Waals surface area contributed by atoms with Crippen LogP contribution in [0.3, 0.4) is 0 Å². The number of carbonyl (C=O) groups excluding carboxylic acids is 2. The van der Waals surface area contributed by atoms with Gasteiger partial charge in [0, 0.05) is 39.3 Å². The van der Waals surface area contributed by atoms with Crippen LogP contribution in [0.15, 0.2) is 6.07 Å². The number of carbonyl (C=O) groups is 2. The third-order valence-electron chi connectivity index (χ3n) is 4.22. The Labute approximate surface area is 143 Å². The van der Waals surface area contributed by atoms with E-state index in [4.69, 9.17) is 4.74 Å². The molecule has 1 aliphatic rings. The lowest BCUT2D eigenvalue weighted by Gasteiger charge is -2.22. The minimum atomic E-state index is 0.000986. The van der Waals surface area contributed by atoms with E-state index in [0.717, 1.165) is 12.1 Å². The highest BCUT2D eigenvalue weighted by Gasteiger charge is 2.24. The molecule has 1 fully saturated rings. The summed E-state index contributed by atoms with van der Waals surface area (Å²) in [5.74, 6) is 0.105. The molecule has 1 saturated heterocycles. The molecule has 0 N–H and O–H groups in total. The summed E-state index contributed by atoms with van der Waals surface area (Å²) in [6.07, 6.45) is 1.20. The number of rotatable bonds is 6. The molecule has 0 aromatic carbocycles. The van der Waals surface area contributed by atoms with Crippen molar-refractivity contribution in [1.29, 1.82) is 0 Å². The molecule has 7 heteroatoms. The van der Waals surface area contributed by atoms with Crippen LogP contribution in [0.4, 0.5) is 0 Å². The van der Waals surface area contributed by atoms with Crippen LogP contribution >= 0.6 is 0 Å². The standard InChI is InChI=1S/C17H28N4O3/c1-4-21-15(13-14(3)18-21)17(23)20-9-6-8-19(10-11-20)16(22)7-12-24-5-2/h13H,4-12H2,1-3H3. The molecule has 1 aromatic heterocycles. The molecular weight excluding hydrogens is 308 g/mol. The van der Waals surface area contributed by atoms with Crippen LogP contribution in [0.25, 0.3) is 0 Å². The number of hydrogen-bond donors (Lipinski definition) is 0. The van der Waals surface area contributed by atoms with E-state index in [0.29, 0.717) is 58.1 Å². The summed E-state index contributed by atoms with van der Waals surface area (Å²) in [4.78, 5) is 28.7. The SMILES string of the molecule is CCOCCC(=O)N1CCCN(C(=O)c2cc(C)nn2CC)CC1. The van der Waals surface area contributed by atoms with Crippen LogP contribution < -0.4 is 0 Å². The van der Waals surface area contributed by atoms with E-state index >= 15 is 0 Å². The monoisotopic (exact) mass is 336 g/mol. The maximum absolute atomic E-state index is 12.8. The molecule has 2 rings (SSSR count). The summed E-state index contributed by atoms with van der Waals surface area (Å²) >= 11 is 0. The molecule has 0 atom stereocenters. The Kier molecular flexibility index (Phi) is 6.78. The summed E-state index contributed by atoms with van der Waals surface area (Å²) in [5, 5.41) is 4.34. The molecule has 0 radical (unpaired) electrons. The van der Waals surface area contributed by atoms with Gasteiger partial charge >= 0.3 is 0 Å². The van der Waals surface area contributed by atoms with Gasteiger partial charge in [-0.1, -0.05) is 0 Å². The third-order valence-corrected chi connectivity index (χ3v) is 4.22. The summed E-state index contributed by atoms with van der Waals surface area (Å²) in [6.45, 7) is 10.1. The van der Waals surface area contributed by atoms with Crippen LogP contribution in [0.5, 0.6) is 0 Å². The van der Waals surface area contributed by atoms with E-state index in [2.05, 4.69) is 5.10 Å². The Balaban J connectivity index is 1.95. The molecule has 0 spiro atoms. The van der Waals surface area contributed by atoms with Gasteiger partial charge in [0.25, 0.3) is 5.91 Å². The zero-order valence-electron chi connectivity index (χ0n) is 15.0. The first-order valence-corrected chi connectivity index (χ1v) is 8.76. The fourth-order valence-corrected chi connectivity index (χ4v) is 2.95. The molecule has 1 aliphatic heterocycles. The van der Waals surface area contributed by atoms with Gasteiger partial charge in [0.2, 0.25) is 5.91 Å². The molecule has 134 valence electrons. The van der Waals surface area contributed by atoms with Crippen LogP contribution in [0.1, 0.15) is 42.9 Å². The molecule has 24 heavy (non-hydrogen) atoms. The Bertz CT molecular complexity index is 570.